The molecule has 0 saturated carbocycles. The Hall–Kier alpha value is -3.04. The normalized spacial score (nSPS) is 19.0. The monoisotopic (exact) mass is 635 g/mol. The van der Waals surface area contributed by atoms with Gasteiger partial charge in [-0.3, -0.25) is 14.2 Å². The van der Waals surface area contributed by atoms with Crippen LogP contribution in [0.25, 0.3) is 16.6 Å². The van der Waals surface area contributed by atoms with Crippen molar-refractivity contribution in [3.05, 3.63) is 93.2 Å². The number of aromatic nitrogens is 2. The molecule has 6 rings (SSSR count). The Morgan fingerprint density at radius 2 is 1.65 bits per heavy atom. The highest BCUT2D eigenvalue weighted by Gasteiger charge is 2.46. The standard InChI is InChI=1S/C33H35Cl2N5O2S/c34-23-7-5-9-25(19-23)38-17-14-33(21-38)15-18-39(22-33)31(42)29(13-3-4-16-36)43-32-37-28-12-2-1-11-27(28)30(41)40(32)26-10-6-8-24(35)20-26/h1-2,5-12,19-20,29H,3-4,13-18,21-22,36H2. The third-order valence-corrected chi connectivity index (χ3v) is 10.3. The van der Waals surface area contributed by atoms with E-state index in [1.54, 1.807) is 22.8 Å². The van der Waals surface area contributed by atoms with Crippen LogP contribution in [-0.2, 0) is 4.79 Å². The number of benzene rings is 3. The lowest BCUT2D eigenvalue weighted by Gasteiger charge is -2.27. The second-order valence-corrected chi connectivity index (χ2v) is 13.6. The van der Waals surface area contributed by atoms with Gasteiger partial charge in [0, 0.05) is 47.3 Å². The maximum absolute atomic E-state index is 14.2. The van der Waals surface area contributed by atoms with Crippen LogP contribution in [0.5, 0.6) is 0 Å². The average Bonchev–Trinajstić information content (AvgIpc) is 3.63. The highest BCUT2D eigenvalue weighted by atomic mass is 35.5. The van der Waals surface area contributed by atoms with E-state index >= 15 is 0 Å². The van der Waals surface area contributed by atoms with Gasteiger partial charge < -0.3 is 15.5 Å². The summed E-state index contributed by atoms with van der Waals surface area (Å²) in [5, 5.41) is 1.86. The number of hydrogen-bond donors (Lipinski definition) is 1. The van der Waals surface area contributed by atoms with Gasteiger partial charge in [-0.2, -0.15) is 0 Å². The summed E-state index contributed by atoms with van der Waals surface area (Å²) in [6, 6.07) is 22.5. The SMILES string of the molecule is NCCCCC(Sc1nc2ccccc2c(=O)n1-c1cccc(Cl)c1)C(=O)N1CCC2(CCN(c3cccc(Cl)c3)C2)C1. The van der Waals surface area contributed by atoms with E-state index in [1.165, 1.54) is 11.8 Å². The van der Waals surface area contributed by atoms with Gasteiger partial charge in [0.1, 0.15) is 0 Å². The number of nitrogens with two attached hydrogens (primary N) is 1. The van der Waals surface area contributed by atoms with Gasteiger partial charge in [-0.25, -0.2) is 4.98 Å². The number of likely N-dealkylation sites (tertiary alicyclic amines) is 1. The van der Waals surface area contributed by atoms with Crippen molar-refractivity contribution >= 4 is 57.5 Å². The molecule has 224 valence electrons. The molecule has 43 heavy (non-hydrogen) atoms. The van der Waals surface area contributed by atoms with Crippen LogP contribution in [0.2, 0.25) is 10.0 Å². The molecule has 10 heteroatoms. The zero-order chi connectivity index (χ0) is 30.0. The van der Waals surface area contributed by atoms with E-state index in [2.05, 4.69) is 11.0 Å². The molecule has 0 radical (unpaired) electrons. The van der Waals surface area contributed by atoms with Crippen LogP contribution in [-0.4, -0.2) is 58.3 Å². The second-order valence-electron chi connectivity index (χ2n) is 11.6. The molecular formula is C33H35Cl2N5O2S. The van der Waals surface area contributed by atoms with Gasteiger partial charge >= 0.3 is 0 Å². The molecule has 0 bridgehead atoms. The zero-order valence-electron chi connectivity index (χ0n) is 23.9. The number of carbonyl (C=O) groups excluding carboxylic acids is 1. The lowest BCUT2D eigenvalue weighted by atomic mass is 9.86. The first kappa shape index (κ1) is 30.0. The highest BCUT2D eigenvalue weighted by molar-refractivity contribution is 8.00. The summed E-state index contributed by atoms with van der Waals surface area (Å²) in [4.78, 5) is 37.4. The maximum Gasteiger partial charge on any atom is 0.266 e. The molecule has 2 atom stereocenters. The van der Waals surface area contributed by atoms with Crippen LogP contribution < -0.4 is 16.2 Å². The molecule has 2 unspecified atom stereocenters. The maximum atomic E-state index is 14.2. The third kappa shape index (κ3) is 6.43. The summed E-state index contributed by atoms with van der Waals surface area (Å²) in [7, 11) is 0. The van der Waals surface area contributed by atoms with E-state index < -0.39 is 5.25 Å². The zero-order valence-corrected chi connectivity index (χ0v) is 26.3. The number of thioether (sulfide) groups is 1. The summed E-state index contributed by atoms with van der Waals surface area (Å²) in [6.45, 7) is 3.87. The molecule has 7 nitrogen and oxygen atoms in total. The number of carbonyl (C=O) groups is 1. The minimum absolute atomic E-state index is 0.0640. The molecule has 1 aromatic heterocycles. The first-order valence-electron chi connectivity index (χ1n) is 14.8. The van der Waals surface area contributed by atoms with Crippen molar-refractivity contribution in [3.8, 4) is 5.69 Å². The quantitative estimate of drug-likeness (QED) is 0.130. The minimum Gasteiger partial charge on any atom is -0.371 e. The number of nitrogens with zero attached hydrogens (tertiary/aromatic N) is 4. The van der Waals surface area contributed by atoms with Gasteiger partial charge in [0.05, 0.1) is 21.8 Å². The van der Waals surface area contributed by atoms with E-state index in [9.17, 15) is 9.59 Å². The molecule has 0 aliphatic carbocycles. The Morgan fingerprint density at radius 3 is 2.42 bits per heavy atom. The van der Waals surface area contributed by atoms with Crippen molar-refractivity contribution in [3.63, 3.8) is 0 Å². The van der Waals surface area contributed by atoms with Gasteiger partial charge in [-0.05, 0) is 80.8 Å². The van der Waals surface area contributed by atoms with E-state index in [-0.39, 0.29) is 16.9 Å². The van der Waals surface area contributed by atoms with Crippen LogP contribution >= 0.6 is 35.0 Å². The van der Waals surface area contributed by atoms with Crippen molar-refractivity contribution in [2.45, 2.75) is 42.5 Å². The first-order valence-corrected chi connectivity index (χ1v) is 16.4. The molecule has 2 aliphatic rings. The molecule has 4 aromatic rings. The Kier molecular flexibility index (Phi) is 9.00. The largest absolute Gasteiger partial charge is 0.371 e. The predicted octanol–water partition coefficient (Wildman–Crippen LogP) is 6.41. The molecule has 2 fully saturated rings. The molecule has 2 saturated heterocycles. The van der Waals surface area contributed by atoms with Crippen LogP contribution in [0.3, 0.4) is 0 Å². The Balaban J connectivity index is 1.28. The summed E-state index contributed by atoms with van der Waals surface area (Å²) in [6.07, 6.45) is 4.30. The highest BCUT2D eigenvalue weighted by Crippen LogP contribution is 2.42. The molecule has 2 N–H and O–H groups in total. The van der Waals surface area contributed by atoms with Crippen LogP contribution in [0, 0.1) is 5.41 Å². The Bertz CT molecular complexity index is 1700. The lowest BCUT2D eigenvalue weighted by Crippen LogP contribution is -2.39. The van der Waals surface area contributed by atoms with Crippen LogP contribution in [0.4, 0.5) is 5.69 Å². The second kappa shape index (κ2) is 12.9. The fourth-order valence-corrected chi connectivity index (χ4v) is 7.96. The molecular weight excluding hydrogens is 601 g/mol. The van der Waals surface area contributed by atoms with Gasteiger partial charge in [0.15, 0.2) is 5.16 Å². The van der Waals surface area contributed by atoms with Crippen molar-refractivity contribution < 1.29 is 4.79 Å². The van der Waals surface area contributed by atoms with E-state index in [0.29, 0.717) is 39.7 Å². The predicted molar refractivity (Wildman–Crippen MR) is 177 cm³/mol. The van der Waals surface area contributed by atoms with Gasteiger partial charge in [-0.15, -0.1) is 0 Å². The van der Waals surface area contributed by atoms with Gasteiger partial charge in [0.2, 0.25) is 5.91 Å². The average molecular weight is 637 g/mol. The molecule has 1 spiro atoms. The fraction of sp³-hybridized carbons (Fsp3) is 0.364. The number of unbranched alkanes of at least 4 members (excludes halogenated alkanes) is 1. The number of halogens is 2. The molecule has 1 amide bonds. The number of amides is 1. The summed E-state index contributed by atoms with van der Waals surface area (Å²) < 4.78 is 1.59. The van der Waals surface area contributed by atoms with Crippen molar-refractivity contribution in [2.75, 3.05) is 37.6 Å². The van der Waals surface area contributed by atoms with Gasteiger partial charge in [0.25, 0.3) is 5.56 Å². The minimum atomic E-state index is -0.398. The number of anilines is 1. The summed E-state index contributed by atoms with van der Waals surface area (Å²) in [5.41, 5.74) is 8.06. The molecule has 2 aliphatic heterocycles. The molecule has 3 heterocycles. The lowest BCUT2D eigenvalue weighted by molar-refractivity contribution is -0.130. The van der Waals surface area contributed by atoms with Crippen LogP contribution in [0.15, 0.2) is 82.7 Å². The van der Waals surface area contributed by atoms with Crippen molar-refractivity contribution in [2.24, 2.45) is 11.1 Å². The van der Waals surface area contributed by atoms with E-state index in [4.69, 9.17) is 33.9 Å². The first-order chi connectivity index (χ1) is 20.9. The van der Waals surface area contributed by atoms with Crippen LogP contribution in [0.1, 0.15) is 32.1 Å². The van der Waals surface area contributed by atoms with Crippen molar-refractivity contribution in [1.29, 1.82) is 0 Å². The number of rotatable bonds is 9. The smallest absolute Gasteiger partial charge is 0.266 e. The van der Waals surface area contributed by atoms with E-state index in [0.717, 1.165) is 62.6 Å². The number of hydrogen-bond acceptors (Lipinski definition) is 6. The fourth-order valence-electron chi connectivity index (χ4n) is 6.36. The van der Waals surface area contributed by atoms with Gasteiger partial charge in [-0.1, -0.05) is 65.7 Å². The number of fused-ring (bicyclic) bond motifs is 1. The summed E-state index contributed by atoms with van der Waals surface area (Å²) in [5.74, 6) is 0.0974. The molecule has 3 aromatic carbocycles. The topological polar surface area (TPSA) is 84.5 Å². The van der Waals surface area contributed by atoms with E-state index in [1.807, 2.05) is 53.4 Å². The van der Waals surface area contributed by atoms with Crippen molar-refractivity contribution in [1.82, 2.24) is 14.5 Å². The Labute approximate surface area is 266 Å². The Morgan fingerprint density at radius 1 is 0.930 bits per heavy atom. The summed E-state index contributed by atoms with van der Waals surface area (Å²) >= 11 is 14.0. The number of para-hydroxylation sites is 1. The third-order valence-electron chi connectivity index (χ3n) is 8.62.